The Morgan fingerprint density at radius 3 is 2.26 bits per heavy atom. The van der Waals surface area contributed by atoms with Crippen LogP contribution in [-0.4, -0.2) is 19.6 Å². The summed E-state index contributed by atoms with van der Waals surface area (Å²) in [7, 11) is 0. The lowest BCUT2D eigenvalue weighted by Gasteiger charge is -2.04. The fraction of sp³-hybridized carbons (Fsp3) is 0. The van der Waals surface area contributed by atoms with Gasteiger partial charge in [-0.2, -0.15) is 5.10 Å². The van der Waals surface area contributed by atoms with E-state index < -0.39 is 0 Å². The van der Waals surface area contributed by atoms with E-state index in [0.717, 1.165) is 16.7 Å². The Kier molecular flexibility index (Phi) is 3.74. The van der Waals surface area contributed by atoms with Crippen LogP contribution >= 0.6 is 23.2 Å². The molecule has 0 unspecified atom stereocenters. The highest BCUT2D eigenvalue weighted by Gasteiger charge is 2.18. The van der Waals surface area contributed by atoms with Crippen molar-refractivity contribution in [1.29, 1.82) is 0 Å². The minimum absolute atomic E-state index is 0.444. The molecule has 0 saturated carbocycles. The maximum atomic E-state index is 6.32. The van der Waals surface area contributed by atoms with Crippen molar-refractivity contribution in [2.45, 2.75) is 0 Å². The maximum absolute atomic E-state index is 6.32. The molecule has 0 aliphatic heterocycles. The zero-order valence-corrected chi connectivity index (χ0v) is 15.1. The number of furan rings is 2. The first kappa shape index (κ1) is 16.1. The van der Waals surface area contributed by atoms with E-state index in [1.807, 2.05) is 18.2 Å². The monoisotopic (exact) mass is 396 g/mol. The number of aromatic nitrogens is 4. The number of rotatable bonds is 3. The summed E-state index contributed by atoms with van der Waals surface area (Å²) in [6, 6.07) is 8.91. The maximum Gasteiger partial charge on any atom is 0.251 e. The number of hydrogen-bond acceptors (Lipinski definition) is 5. The van der Waals surface area contributed by atoms with Gasteiger partial charge in [-0.15, -0.1) is 0 Å². The summed E-state index contributed by atoms with van der Waals surface area (Å²) in [5.74, 6) is 0.444. The molecule has 1 aromatic carbocycles. The Morgan fingerprint density at radius 2 is 1.59 bits per heavy atom. The number of hydrogen-bond donors (Lipinski definition) is 0. The van der Waals surface area contributed by atoms with Gasteiger partial charge in [-0.1, -0.05) is 23.2 Å². The van der Waals surface area contributed by atoms with Gasteiger partial charge >= 0.3 is 0 Å². The molecule has 0 bridgehead atoms. The van der Waals surface area contributed by atoms with Gasteiger partial charge in [-0.25, -0.2) is 14.5 Å². The lowest BCUT2D eigenvalue weighted by Crippen LogP contribution is -2.00. The molecule has 0 saturated heterocycles. The van der Waals surface area contributed by atoms with Crippen molar-refractivity contribution in [3.8, 4) is 33.8 Å². The molecule has 0 radical (unpaired) electrons. The number of imidazole rings is 1. The van der Waals surface area contributed by atoms with Crippen LogP contribution in [-0.2, 0) is 0 Å². The molecule has 6 nitrogen and oxygen atoms in total. The van der Waals surface area contributed by atoms with E-state index >= 15 is 0 Å². The SMILES string of the molecule is Clc1ccc(-c2cn3nc(-c4ccoc4)c(-c4ccoc4)nc3n2)c(Cl)c1. The highest BCUT2D eigenvalue weighted by Crippen LogP contribution is 2.32. The predicted molar refractivity (Wildman–Crippen MR) is 102 cm³/mol. The average Bonchev–Trinajstić information content (AvgIpc) is 3.40. The summed E-state index contributed by atoms with van der Waals surface area (Å²) in [6.07, 6.45) is 8.19. The van der Waals surface area contributed by atoms with Gasteiger partial charge in [0.25, 0.3) is 5.78 Å². The first-order chi connectivity index (χ1) is 13.2. The van der Waals surface area contributed by atoms with Crippen molar-refractivity contribution >= 4 is 29.0 Å². The summed E-state index contributed by atoms with van der Waals surface area (Å²) in [5.41, 5.74) is 4.32. The van der Waals surface area contributed by atoms with Crippen LogP contribution < -0.4 is 0 Å². The quantitative estimate of drug-likeness (QED) is 0.395. The third-order valence-electron chi connectivity index (χ3n) is 4.11. The van der Waals surface area contributed by atoms with Crippen molar-refractivity contribution in [1.82, 2.24) is 19.6 Å². The average molecular weight is 397 g/mol. The zero-order valence-electron chi connectivity index (χ0n) is 13.6. The van der Waals surface area contributed by atoms with Crippen molar-refractivity contribution in [2.24, 2.45) is 0 Å². The first-order valence-electron chi connectivity index (χ1n) is 7.97. The summed E-state index contributed by atoms with van der Waals surface area (Å²) >= 11 is 12.3. The standard InChI is InChI=1S/C19H10Cl2N4O2/c20-13-1-2-14(15(21)7-13)16-8-25-19(22-16)23-17(11-3-5-26-9-11)18(24-25)12-4-6-27-10-12/h1-10H. The van der Waals surface area contributed by atoms with Crippen LogP contribution in [0.25, 0.3) is 39.5 Å². The molecular weight excluding hydrogens is 387 g/mol. The van der Waals surface area contributed by atoms with Crippen LogP contribution in [0.5, 0.6) is 0 Å². The first-order valence-corrected chi connectivity index (χ1v) is 8.72. The summed E-state index contributed by atoms with van der Waals surface area (Å²) in [6.45, 7) is 0. The van der Waals surface area contributed by atoms with Crippen molar-refractivity contribution in [3.05, 3.63) is 71.6 Å². The Balaban J connectivity index is 1.74. The third kappa shape index (κ3) is 2.79. The second kappa shape index (κ2) is 6.26. The number of fused-ring (bicyclic) bond motifs is 1. The Morgan fingerprint density at radius 1 is 0.852 bits per heavy atom. The Hall–Kier alpha value is -3.09. The molecule has 4 heterocycles. The van der Waals surface area contributed by atoms with Gasteiger partial charge in [0, 0.05) is 21.7 Å². The molecule has 0 spiro atoms. The Labute approximate surface area is 163 Å². The smallest absolute Gasteiger partial charge is 0.251 e. The largest absolute Gasteiger partial charge is 0.472 e. The minimum atomic E-state index is 0.444. The van der Waals surface area contributed by atoms with E-state index in [0.29, 0.717) is 32.9 Å². The molecule has 8 heteroatoms. The van der Waals surface area contributed by atoms with Gasteiger partial charge in [0.2, 0.25) is 0 Å². The highest BCUT2D eigenvalue weighted by molar-refractivity contribution is 6.36. The minimum Gasteiger partial charge on any atom is -0.472 e. The van der Waals surface area contributed by atoms with Crippen LogP contribution in [0.3, 0.4) is 0 Å². The summed E-state index contributed by atoms with van der Waals surface area (Å²) < 4.78 is 12.0. The summed E-state index contributed by atoms with van der Waals surface area (Å²) in [4.78, 5) is 9.26. The fourth-order valence-corrected chi connectivity index (χ4v) is 3.35. The zero-order chi connectivity index (χ0) is 18.4. The number of benzene rings is 1. The van der Waals surface area contributed by atoms with E-state index in [4.69, 9.17) is 32.0 Å². The molecule has 4 aromatic heterocycles. The van der Waals surface area contributed by atoms with Crippen molar-refractivity contribution in [3.63, 3.8) is 0 Å². The lowest BCUT2D eigenvalue weighted by molar-refractivity contribution is 0.567. The molecule has 0 aliphatic carbocycles. The van der Waals surface area contributed by atoms with E-state index in [2.05, 4.69) is 15.1 Å². The topological polar surface area (TPSA) is 69.4 Å². The summed E-state index contributed by atoms with van der Waals surface area (Å²) in [5, 5.41) is 5.76. The van der Waals surface area contributed by atoms with Gasteiger partial charge in [-0.05, 0) is 30.3 Å². The molecule has 0 amide bonds. The van der Waals surface area contributed by atoms with Gasteiger partial charge in [0.05, 0.1) is 42.0 Å². The van der Waals surface area contributed by atoms with E-state index in [-0.39, 0.29) is 0 Å². The normalized spacial score (nSPS) is 11.3. The molecule has 5 rings (SSSR count). The number of halogens is 2. The predicted octanol–water partition coefficient (Wildman–Crippen LogP) is 5.62. The third-order valence-corrected chi connectivity index (χ3v) is 4.66. The Bertz CT molecular complexity index is 1170. The molecular formula is C19H10Cl2N4O2. The van der Waals surface area contributed by atoms with Gasteiger partial charge in [0.1, 0.15) is 11.4 Å². The molecule has 0 N–H and O–H groups in total. The second-order valence-corrected chi connectivity index (χ2v) is 6.67. The van der Waals surface area contributed by atoms with Gasteiger partial charge in [-0.3, -0.25) is 0 Å². The molecule has 0 aliphatic rings. The molecule has 27 heavy (non-hydrogen) atoms. The van der Waals surface area contributed by atoms with Crippen LogP contribution in [0, 0.1) is 0 Å². The van der Waals surface area contributed by atoms with Crippen LogP contribution in [0.1, 0.15) is 0 Å². The fourth-order valence-electron chi connectivity index (χ4n) is 2.84. The van der Waals surface area contributed by atoms with Gasteiger partial charge < -0.3 is 8.83 Å². The molecule has 0 fully saturated rings. The van der Waals surface area contributed by atoms with E-state index in [1.54, 1.807) is 47.9 Å². The number of nitrogens with zero attached hydrogens (tertiary/aromatic N) is 4. The lowest BCUT2D eigenvalue weighted by atomic mass is 10.1. The molecule has 5 aromatic rings. The van der Waals surface area contributed by atoms with Crippen molar-refractivity contribution < 1.29 is 8.83 Å². The van der Waals surface area contributed by atoms with E-state index in [1.165, 1.54) is 0 Å². The molecule has 132 valence electrons. The van der Waals surface area contributed by atoms with Crippen LogP contribution in [0.2, 0.25) is 10.0 Å². The molecule has 0 atom stereocenters. The van der Waals surface area contributed by atoms with Crippen molar-refractivity contribution in [2.75, 3.05) is 0 Å². The highest BCUT2D eigenvalue weighted by atomic mass is 35.5. The van der Waals surface area contributed by atoms with Crippen LogP contribution in [0.15, 0.2) is 70.4 Å². The van der Waals surface area contributed by atoms with E-state index in [9.17, 15) is 0 Å². The second-order valence-electron chi connectivity index (χ2n) is 5.83. The van der Waals surface area contributed by atoms with Crippen LogP contribution in [0.4, 0.5) is 0 Å². The van der Waals surface area contributed by atoms with Gasteiger partial charge in [0.15, 0.2) is 0 Å².